The lowest BCUT2D eigenvalue weighted by Gasteiger charge is -2.19. The first kappa shape index (κ1) is 15.0. The van der Waals surface area contributed by atoms with E-state index in [0.29, 0.717) is 5.56 Å². The molecule has 118 valence electrons. The molecule has 3 rings (SSSR count). The van der Waals surface area contributed by atoms with Crippen molar-refractivity contribution in [2.45, 2.75) is 12.5 Å². The number of anilines is 1. The Morgan fingerprint density at radius 1 is 1.13 bits per heavy atom. The van der Waals surface area contributed by atoms with Gasteiger partial charge in [0.15, 0.2) is 0 Å². The van der Waals surface area contributed by atoms with Gasteiger partial charge in [-0.15, -0.1) is 0 Å². The predicted octanol–water partition coefficient (Wildman–Crippen LogP) is 2.60. The van der Waals surface area contributed by atoms with Crippen LogP contribution in [0.3, 0.4) is 0 Å². The fourth-order valence-corrected chi connectivity index (χ4v) is 2.75. The minimum atomic E-state index is -0.476. The number of nitrogens with zero attached hydrogens (tertiary/aromatic N) is 2. The summed E-state index contributed by atoms with van der Waals surface area (Å²) in [5.41, 5.74) is 1.58. The summed E-state index contributed by atoms with van der Waals surface area (Å²) in [7, 11) is 0. The minimum absolute atomic E-state index is 0.0160. The molecule has 0 bridgehead atoms. The number of non-ortho nitro benzene ring substituents is 1. The predicted molar refractivity (Wildman–Crippen MR) is 87.6 cm³/mol. The van der Waals surface area contributed by atoms with Crippen LogP contribution in [0.4, 0.5) is 11.4 Å². The fourth-order valence-electron chi connectivity index (χ4n) is 2.75. The molecule has 6 heteroatoms. The minimum Gasteiger partial charge on any atom is -0.369 e. The first-order chi connectivity index (χ1) is 11.1. The molecule has 6 nitrogen and oxygen atoms in total. The number of carbonyl (C=O) groups is 1. The first-order valence-electron chi connectivity index (χ1n) is 7.49. The molecule has 0 aliphatic carbocycles. The molecule has 1 amide bonds. The molecule has 1 saturated heterocycles. The second-order valence-corrected chi connectivity index (χ2v) is 5.54. The normalized spacial score (nSPS) is 17.0. The maximum atomic E-state index is 12.2. The number of rotatable bonds is 4. The number of hydrogen-bond acceptors (Lipinski definition) is 4. The molecule has 0 saturated carbocycles. The number of para-hydroxylation sites is 1. The molecule has 1 aliphatic heterocycles. The first-order valence-corrected chi connectivity index (χ1v) is 7.49. The molecule has 0 radical (unpaired) electrons. The van der Waals surface area contributed by atoms with Crippen LogP contribution in [0.2, 0.25) is 0 Å². The molecule has 0 aromatic heterocycles. The fraction of sp³-hybridized carbons (Fsp3) is 0.235. The summed E-state index contributed by atoms with van der Waals surface area (Å²) in [6.07, 6.45) is 0.883. The van der Waals surface area contributed by atoms with Gasteiger partial charge in [-0.3, -0.25) is 14.9 Å². The van der Waals surface area contributed by atoms with Gasteiger partial charge in [0.25, 0.3) is 11.6 Å². The maximum Gasteiger partial charge on any atom is 0.269 e. The molecule has 1 atom stereocenters. The Morgan fingerprint density at radius 2 is 1.83 bits per heavy atom. The van der Waals surface area contributed by atoms with Gasteiger partial charge in [-0.25, -0.2) is 0 Å². The molecule has 1 unspecified atom stereocenters. The van der Waals surface area contributed by atoms with Crippen molar-refractivity contribution in [2.24, 2.45) is 0 Å². The van der Waals surface area contributed by atoms with Crippen LogP contribution in [0.5, 0.6) is 0 Å². The number of hydrogen-bond donors (Lipinski definition) is 1. The number of benzene rings is 2. The van der Waals surface area contributed by atoms with Gasteiger partial charge < -0.3 is 10.2 Å². The third kappa shape index (κ3) is 3.48. The van der Waals surface area contributed by atoms with Crippen LogP contribution in [0.1, 0.15) is 16.8 Å². The Morgan fingerprint density at radius 3 is 2.48 bits per heavy atom. The van der Waals surface area contributed by atoms with Crippen molar-refractivity contribution in [1.82, 2.24) is 5.32 Å². The van der Waals surface area contributed by atoms with Gasteiger partial charge in [-0.1, -0.05) is 18.2 Å². The second-order valence-electron chi connectivity index (χ2n) is 5.54. The lowest BCUT2D eigenvalue weighted by Crippen LogP contribution is -2.37. The highest BCUT2D eigenvalue weighted by atomic mass is 16.6. The summed E-state index contributed by atoms with van der Waals surface area (Å²) in [5, 5.41) is 13.6. The Kier molecular flexibility index (Phi) is 4.23. The van der Waals surface area contributed by atoms with Crippen LogP contribution in [0, 0.1) is 10.1 Å². The van der Waals surface area contributed by atoms with Crippen LogP contribution < -0.4 is 10.2 Å². The van der Waals surface area contributed by atoms with Crippen LogP contribution in [-0.4, -0.2) is 30.0 Å². The zero-order chi connectivity index (χ0) is 16.2. The van der Waals surface area contributed by atoms with E-state index in [9.17, 15) is 14.9 Å². The Hall–Kier alpha value is -2.89. The quantitative estimate of drug-likeness (QED) is 0.695. The molecule has 23 heavy (non-hydrogen) atoms. The summed E-state index contributed by atoms with van der Waals surface area (Å²) in [4.78, 5) is 24.6. The average molecular weight is 311 g/mol. The molecule has 1 heterocycles. The van der Waals surface area contributed by atoms with Gasteiger partial charge in [0.2, 0.25) is 0 Å². The van der Waals surface area contributed by atoms with Crippen molar-refractivity contribution in [3.8, 4) is 0 Å². The van der Waals surface area contributed by atoms with Crippen LogP contribution in [-0.2, 0) is 0 Å². The highest BCUT2D eigenvalue weighted by molar-refractivity contribution is 5.94. The standard InChI is InChI=1S/C17H17N3O3/c21-17(13-6-8-16(9-7-13)20(22)23)18-14-10-11-19(12-14)15-4-2-1-3-5-15/h1-9,14H,10-12H2,(H,18,21). The van der Waals surface area contributed by atoms with E-state index >= 15 is 0 Å². The number of nitro benzene ring substituents is 1. The van der Waals surface area contributed by atoms with Gasteiger partial charge in [0, 0.05) is 42.5 Å². The molecule has 1 fully saturated rings. The third-order valence-electron chi connectivity index (χ3n) is 3.99. The van der Waals surface area contributed by atoms with E-state index in [1.807, 2.05) is 18.2 Å². The van der Waals surface area contributed by atoms with Crippen LogP contribution in [0.15, 0.2) is 54.6 Å². The van der Waals surface area contributed by atoms with E-state index in [1.165, 1.54) is 24.3 Å². The van der Waals surface area contributed by atoms with Crippen molar-refractivity contribution in [2.75, 3.05) is 18.0 Å². The average Bonchev–Trinajstić information content (AvgIpc) is 3.04. The van der Waals surface area contributed by atoms with E-state index in [1.54, 1.807) is 0 Å². The van der Waals surface area contributed by atoms with Gasteiger partial charge >= 0.3 is 0 Å². The summed E-state index contributed by atoms with van der Waals surface area (Å²) in [6, 6.07) is 15.8. The van der Waals surface area contributed by atoms with E-state index < -0.39 is 4.92 Å². The molecular weight excluding hydrogens is 294 g/mol. The van der Waals surface area contributed by atoms with Crippen LogP contribution in [0.25, 0.3) is 0 Å². The van der Waals surface area contributed by atoms with Crippen molar-refractivity contribution in [1.29, 1.82) is 0 Å². The number of amides is 1. The highest BCUT2D eigenvalue weighted by Crippen LogP contribution is 2.20. The lowest BCUT2D eigenvalue weighted by atomic mass is 10.1. The molecule has 0 spiro atoms. The monoisotopic (exact) mass is 311 g/mol. The van der Waals surface area contributed by atoms with Gasteiger partial charge in [-0.2, -0.15) is 0 Å². The summed E-state index contributed by atoms with van der Waals surface area (Å²) < 4.78 is 0. The summed E-state index contributed by atoms with van der Waals surface area (Å²) >= 11 is 0. The van der Waals surface area contributed by atoms with Gasteiger partial charge in [0.1, 0.15) is 0 Å². The number of nitrogens with one attached hydrogen (secondary N) is 1. The number of nitro groups is 1. The smallest absolute Gasteiger partial charge is 0.269 e. The topological polar surface area (TPSA) is 75.5 Å². The van der Waals surface area contributed by atoms with E-state index in [0.717, 1.165) is 25.2 Å². The van der Waals surface area contributed by atoms with E-state index in [2.05, 4.69) is 22.3 Å². The molecular formula is C17H17N3O3. The van der Waals surface area contributed by atoms with Crippen molar-refractivity contribution in [3.63, 3.8) is 0 Å². The maximum absolute atomic E-state index is 12.2. The van der Waals surface area contributed by atoms with Crippen molar-refractivity contribution < 1.29 is 9.72 Å². The summed E-state index contributed by atoms with van der Waals surface area (Å²) in [5.74, 6) is -0.195. The highest BCUT2D eigenvalue weighted by Gasteiger charge is 2.24. The zero-order valence-corrected chi connectivity index (χ0v) is 12.5. The van der Waals surface area contributed by atoms with Gasteiger partial charge in [-0.05, 0) is 30.7 Å². The largest absolute Gasteiger partial charge is 0.369 e. The zero-order valence-electron chi connectivity index (χ0n) is 12.5. The lowest BCUT2D eigenvalue weighted by molar-refractivity contribution is -0.384. The Bertz CT molecular complexity index is 701. The van der Waals surface area contributed by atoms with Crippen molar-refractivity contribution in [3.05, 3.63) is 70.3 Å². The van der Waals surface area contributed by atoms with Crippen LogP contribution >= 0.6 is 0 Å². The van der Waals surface area contributed by atoms with E-state index in [4.69, 9.17) is 0 Å². The van der Waals surface area contributed by atoms with Gasteiger partial charge in [0.05, 0.1) is 4.92 Å². The molecule has 2 aromatic carbocycles. The molecule has 2 aromatic rings. The third-order valence-corrected chi connectivity index (χ3v) is 3.99. The SMILES string of the molecule is O=C(NC1CCN(c2ccccc2)C1)c1ccc([N+](=O)[O-])cc1. The van der Waals surface area contributed by atoms with E-state index in [-0.39, 0.29) is 17.6 Å². The Labute approximate surface area is 133 Å². The Balaban J connectivity index is 1.59. The second kappa shape index (κ2) is 6.48. The number of carbonyl (C=O) groups excluding carboxylic acids is 1. The summed E-state index contributed by atoms with van der Waals surface area (Å²) in [6.45, 7) is 1.66. The molecule has 1 aliphatic rings. The van der Waals surface area contributed by atoms with Crippen molar-refractivity contribution >= 4 is 17.3 Å². The molecule has 1 N–H and O–H groups in total.